The molecule has 0 aliphatic carbocycles. The summed E-state index contributed by atoms with van der Waals surface area (Å²) in [5, 5.41) is 0. The van der Waals surface area contributed by atoms with Gasteiger partial charge in [0.15, 0.2) is 0 Å². The van der Waals surface area contributed by atoms with Gasteiger partial charge < -0.3 is 0 Å². The van der Waals surface area contributed by atoms with Crippen LogP contribution in [0, 0.1) is 0 Å². The molecule has 0 aliphatic heterocycles. The molecule has 0 unspecified atom stereocenters. The van der Waals surface area contributed by atoms with E-state index < -0.39 is 25.1 Å². The average Bonchev–Trinajstić information content (AvgIpc) is 1.86. The zero-order valence-electron chi connectivity index (χ0n) is 6.33. The molecule has 0 atom stereocenters. The van der Waals surface area contributed by atoms with Crippen LogP contribution in [0.25, 0.3) is 0 Å². The van der Waals surface area contributed by atoms with Gasteiger partial charge in [-0.3, -0.25) is 4.74 Å². The fourth-order valence-electron chi connectivity index (χ4n) is 0.363. The Morgan fingerprint density at radius 3 is 1.36 bits per heavy atom. The number of hydrogen-bond donors (Lipinski definition) is 0. The third kappa shape index (κ3) is 4.19. The molecule has 68 valence electrons. The van der Waals surface area contributed by atoms with Crippen molar-refractivity contribution in [2.45, 2.75) is 38.9 Å². The van der Waals surface area contributed by atoms with Gasteiger partial charge in [-0.2, -0.15) is 17.6 Å². The standard InChI is InChI=1S/C6H10F4O/c1-3-5(7,8)11-6(9,10)4-2/h3-4H2,1-2H3. The molecule has 0 aromatic rings. The SMILES string of the molecule is CCC(F)(F)OC(F)(F)CC. The fourth-order valence-corrected chi connectivity index (χ4v) is 0.363. The van der Waals surface area contributed by atoms with E-state index in [9.17, 15) is 17.6 Å². The molecule has 11 heavy (non-hydrogen) atoms. The topological polar surface area (TPSA) is 9.23 Å². The molecule has 1 nitrogen and oxygen atoms in total. The van der Waals surface area contributed by atoms with Gasteiger partial charge in [0.05, 0.1) is 0 Å². The number of alkyl halides is 4. The Kier molecular flexibility index (Phi) is 3.29. The molecule has 0 fully saturated rings. The maximum atomic E-state index is 12.1. The van der Waals surface area contributed by atoms with Gasteiger partial charge in [-0.25, -0.2) is 0 Å². The molecule has 0 radical (unpaired) electrons. The van der Waals surface area contributed by atoms with Crippen LogP contribution < -0.4 is 0 Å². The Morgan fingerprint density at radius 2 is 1.18 bits per heavy atom. The van der Waals surface area contributed by atoms with Gasteiger partial charge in [0.2, 0.25) is 0 Å². The normalized spacial score (nSPS) is 13.6. The molecular formula is C6H10F4O. The molecule has 0 saturated carbocycles. The van der Waals surface area contributed by atoms with Crippen molar-refractivity contribution >= 4 is 0 Å². The van der Waals surface area contributed by atoms with Crippen LogP contribution in [0.4, 0.5) is 17.6 Å². The zero-order chi connectivity index (χ0) is 9.12. The molecule has 0 spiro atoms. The number of ether oxygens (including phenoxy) is 1. The maximum Gasteiger partial charge on any atom is 0.359 e. The first-order valence-corrected chi connectivity index (χ1v) is 3.29. The molecule has 0 rings (SSSR count). The molecule has 0 saturated heterocycles. The Hall–Kier alpha value is -0.320. The van der Waals surface area contributed by atoms with Crippen LogP contribution in [0.3, 0.4) is 0 Å². The summed E-state index contributed by atoms with van der Waals surface area (Å²) in [6, 6.07) is 0. The lowest BCUT2D eigenvalue weighted by Gasteiger charge is -2.21. The van der Waals surface area contributed by atoms with Gasteiger partial charge in [0, 0.05) is 12.8 Å². The molecule has 0 bridgehead atoms. The van der Waals surface area contributed by atoms with Crippen LogP contribution in [0.1, 0.15) is 26.7 Å². The molecule has 0 amide bonds. The van der Waals surface area contributed by atoms with E-state index in [0.717, 1.165) is 13.8 Å². The van der Waals surface area contributed by atoms with Crippen LogP contribution in [0.2, 0.25) is 0 Å². The van der Waals surface area contributed by atoms with Crippen molar-refractivity contribution in [3.63, 3.8) is 0 Å². The van der Waals surface area contributed by atoms with E-state index >= 15 is 0 Å². The third-order valence-electron chi connectivity index (χ3n) is 1.12. The first kappa shape index (κ1) is 10.7. The van der Waals surface area contributed by atoms with Crippen LogP contribution in [-0.4, -0.2) is 12.2 Å². The maximum absolute atomic E-state index is 12.1. The average molecular weight is 174 g/mol. The number of hydrogen-bond acceptors (Lipinski definition) is 1. The molecule has 0 aromatic carbocycles. The fraction of sp³-hybridized carbons (Fsp3) is 1.00. The molecule has 0 aromatic heterocycles. The van der Waals surface area contributed by atoms with E-state index in [1.807, 2.05) is 0 Å². The molecule has 0 heterocycles. The Bertz CT molecular complexity index is 110. The van der Waals surface area contributed by atoms with E-state index in [1.165, 1.54) is 0 Å². The van der Waals surface area contributed by atoms with E-state index in [-0.39, 0.29) is 0 Å². The molecule has 0 aliphatic rings. The van der Waals surface area contributed by atoms with E-state index in [2.05, 4.69) is 4.74 Å². The largest absolute Gasteiger partial charge is 0.359 e. The van der Waals surface area contributed by atoms with Gasteiger partial charge in [0.25, 0.3) is 0 Å². The highest BCUT2D eigenvalue weighted by atomic mass is 19.3. The smallest absolute Gasteiger partial charge is 0.255 e. The lowest BCUT2D eigenvalue weighted by molar-refractivity contribution is -0.375. The van der Waals surface area contributed by atoms with Crippen molar-refractivity contribution in [2.75, 3.05) is 0 Å². The first-order chi connectivity index (χ1) is 4.83. The van der Waals surface area contributed by atoms with Crippen LogP contribution >= 0.6 is 0 Å². The van der Waals surface area contributed by atoms with Gasteiger partial charge in [-0.05, 0) is 0 Å². The highest BCUT2D eigenvalue weighted by molar-refractivity contribution is 4.55. The van der Waals surface area contributed by atoms with E-state index in [1.54, 1.807) is 0 Å². The summed E-state index contributed by atoms with van der Waals surface area (Å²) in [5.41, 5.74) is 0. The summed E-state index contributed by atoms with van der Waals surface area (Å²) in [5.74, 6) is 0. The summed E-state index contributed by atoms with van der Waals surface area (Å²) in [6.45, 7) is 2.15. The van der Waals surface area contributed by atoms with Gasteiger partial charge in [-0.1, -0.05) is 13.8 Å². The van der Waals surface area contributed by atoms with Crippen LogP contribution in [0.15, 0.2) is 0 Å². The summed E-state index contributed by atoms with van der Waals surface area (Å²) in [6.07, 6.45) is -8.94. The number of rotatable bonds is 4. The zero-order valence-corrected chi connectivity index (χ0v) is 6.33. The minimum atomic E-state index is -3.72. The van der Waals surface area contributed by atoms with Crippen LogP contribution in [0.5, 0.6) is 0 Å². The highest BCUT2D eigenvalue weighted by Crippen LogP contribution is 2.30. The van der Waals surface area contributed by atoms with Crippen molar-refractivity contribution in [3.8, 4) is 0 Å². The van der Waals surface area contributed by atoms with E-state index in [4.69, 9.17) is 0 Å². The summed E-state index contributed by atoms with van der Waals surface area (Å²) < 4.78 is 51.8. The Morgan fingerprint density at radius 1 is 0.909 bits per heavy atom. The van der Waals surface area contributed by atoms with Crippen molar-refractivity contribution in [1.29, 1.82) is 0 Å². The van der Waals surface area contributed by atoms with Gasteiger partial charge in [0.1, 0.15) is 0 Å². The molecule has 0 N–H and O–H groups in total. The van der Waals surface area contributed by atoms with Gasteiger partial charge in [-0.15, -0.1) is 0 Å². The van der Waals surface area contributed by atoms with Crippen molar-refractivity contribution in [2.24, 2.45) is 0 Å². The van der Waals surface area contributed by atoms with Crippen molar-refractivity contribution in [1.82, 2.24) is 0 Å². The predicted octanol–water partition coefficient (Wildman–Crippen LogP) is 3.01. The summed E-state index contributed by atoms with van der Waals surface area (Å²) in [4.78, 5) is 0. The Balaban J connectivity index is 4.02. The highest BCUT2D eigenvalue weighted by Gasteiger charge is 2.41. The monoisotopic (exact) mass is 174 g/mol. The van der Waals surface area contributed by atoms with Crippen molar-refractivity contribution in [3.05, 3.63) is 0 Å². The minimum Gasteiger partial charge on any atom is -0.255 e. The first-order valence-electron chi connectivity index (χ1n) is 3.29. The minimum absolute atomic E-state index is 0.747. The molecular weight excluding hydrogens is 164 g/mol. The summed E-state index contributed by atoms with van der Waals surface area (Å²) >= 11 is 0. The third-order valence-corrected chi connectivity index (χ3v) is 1.12. The lowest BCUT2D eigenvalue weighted by atomic mass is 10.4. The van der Waals surface area contributed by atoms with Crippen LogP contribution in [-0.2, 0) is 4.74 Å². The quantitative estimate of drug-likeness (QED) is 0.595. The van der Waals surface area contributed by atoms with E-state index in [0.29, 0.717) is 0 Å². The molecule has 5 heteroatoms. The Labute approximate surface area is 62.3 Å². The summed E-state index contributed by atoms with van der Waals surface area (Å²) in [7, 11) is 0. The van der Waals surface area contributed by atoms with Gasteiger partial charge >= 0.3 is 12.2 Å². The second-order valence-electron chi connectivity index (χ2n) is 2.08. The number of halogens is 4. The lowest BCUT2D eigenvalue weighted by Crippen LogP contribution is -2.31. The second kappa shape index (κ2) is 3.38. The second-order valence-corrected chi connectivity index (χ2v) is 2.08. The van der Waals surface area contributed by atoms with Crippen molar-refractivity contribution < 1.29 is 22.3 Å². The predicted molar refractivity (Wildman–Crippen MR) is 31.6 cm³/mol.